The number of nitrogens with zero attached hydrogens (tertiary/aromatic N) is 3. The Morgan fingerprint density at radius 1 is 1.50 bits per heavy atom. The number of anilines is 1. The number of benzene rings is 1. The van der Waals surface area contributed by atoms with E-state index in [-0.39, 0.29) is 5.56 Å². The largest absolute Gasteiger partial charge is 0.481 e. The highest BCUT2D eigenvalue weighted by molar-refractivity contribution is 5.58. The maximum Gasteiger partial charge on any atom is 0.216 e. The Bertz CT molecular complexity index is 673. The zero-order chi connectivity index (χ0) is 14.7. The molecular weight excluding hydrogens is 259 g/mol. The van der Waals surface area contributed by atoms with Crippen LogP contribution in [0.4, 0.5) is 10.1 Å². The first kappa shape index (κ1) is 13.9. The summed E-state index contributed by atoms with van der Waals surface area (Å²) in [6.07, 6.45) is 0. The molecule has 1 heterocycles. The molecule has 0 atom stereocenters. The molecule has 5 nitrogen and oxygen atoms in total. The van der Waals surface area contributed by atoms with E-state index >= 15 is 0 Å². The normalized spacial score (nSPS) is 10.2. The third-order valence-electron chi connectivity index (χ3n) is 3.04. The number of hydrogen-bond acceptors (Lipinski definition) is 4. The fourth-order valence-electron chi connectivity index (χ4n) is 2.09. The monoisotopic (exact) mass is 274 g/mol. The number of aryl methyl sites for hydroxylation is 2. The minimum absolute atomic E-state index is 0.269. The number of aromatic nitrogens is 2. The van der Waals surface area contributed by atoms with E-state index in [0.29, 0.717) is 18.1 Å². The highest BCUT2D eigenvalue weighted by Gasteiger charge is 2.14. The second-order valence-electron chi connectivity index (χ2n) is 4.35. The van der Waals surface area contributed by atoms with E-state index in [0.717, 1.165) is 11.3 Å². The molecule has 0 bridgehead atoms. The molecule has 20 heavy (non-hydrogen) atoms. The highest BCUT2D eigenvalue weighted by Crippen LogP contribution is 2.23. The minimum atomic E-state index is -0.428. The summed E-state index contributed by atoms with van der Waals surface area (Å²) in [4.78, 5) is 0. The smallest absolute Gasteiger partial charge is 0.216 e. The first-order valence-electron chi connectivity index (χ1n) is 6.06. The van der Waals surface area contributed by atoms with E-state index in [1.54, 1.807) is 24.9 Å². The van der Waals surface area contributed by atoms with Crippen LogP contribution in [0, 0.1) is 24.1 Å². The van der Waals surface area contributed by atoms with E-state index < -0.39 is 5.82 Å². The van der Waals surface area contributed by atoms with Gasteiger partial charge in [0, 0.05) is 13.6 Å². The topological polar surface area (TPSA) is 62.9 Å². The van der Waals surface area contributed by atoms with Gasteiger partial charge < -0.3 is 10.1 Å². The summed E-state index contributed by atoms with van der Waals surface area (Å²) in [5.41, 5.74) is 2.60. The molecule has 0 saturated heterocycles. The second kappa shape index (κ2) is 5.61. The van der Waals surface area contributed by atoms with Crippen LogP contribution in [-0.2, 0) is 13.6 Å². The van der Waals surface area contributed by atoms with Gasteiger partial charge in [-0.3, -0.25) is 0 Å². The van der Waals surface area contributed by atoms with Gasteiger partial charge in [0.25, 0.3) is 0 Å². The lowest BCUT2D eigenvalue weighted by atomic mass is 10.1. The molecule has 0 saturated carbocycles. The summed E-state index contributed by atoms with van der Waals surface area (Å²) < 4.78 is 20.0. The lowest BCUT2D eigenvalue weighted by Gasteiger charge is -2.09. The molecule has 0 unspecified atom stereocenters. The standard InChI is InChI=1S/C14H15FN4O/c1-9-12(14(20-3)19(2)18-9)8-17-13-5-4-11(15)6-10(13)7-16/h4-6,17H,8H2,1-3H3. The Labute approximate surface area is 116 Å². The molecule has 0 radical (unpaired) electrons. The minimum Gasteiger partial charge on any atom is -0.481 e. The number of methoxy groups -OCH3 is 1. The van der Waals surface area contributed by atoms with Crippen LogP contribution in [0.15, 0.2) is 18.2 Å². The van der Waals surface area contributed by atoms with Crippen molar-refractivity contribution in [1.82, 2.24) is 9.78 Å². The van der Waals surface area contributed by atoms with Crippen molar-refractivity contribution in [2.75, 3.05) is 12.4 Å². The summed E-state index contributed by atoms with van der Waals surface area (Å²) >= 11 is 0. The van der Waals surface area contributed by atoms with Gasteiger partial charge in [0.05, 0.1) is 29.6 Å². The molecule has 6 heteroatoms. The fraction of sp³-hybridized carbons (Fsp3) is 0.286. The number of nitrogens with one attached hydrogen (secondary N) is 1. The molecule has 0 aliphatic heterocycles. The van der Waals surface area contributed by atoms with Crippen molar-refractivity contribution in [3.05, 3.63) is 40.8 Å². The molecule has 1 N–H and O–H groups in total. The van der Waals surface area contributed by atoms with Crippen molar-refractivity contribution in [3.63, 3.8) is 0 Å². The molecule has 1 aromatic heterocycles. The molecule has 2 rings (SSSR count). The van der Waals surface area contributed by atoms with Gasteiger partial charge in [0.15, 0.2) is 0 Å². The first-order chi connectivity index (χ1) is 9.56. The SMILES string of the molecule is COc1c(CNc2ccc(F)cc2C#N)c(C)nn1C. The summed E-state index contributed by atoms with van der Waals surface area (Å²) in [6, 6.07) is 6.03. The zero-order valence-electron chi connectivity index (χ0n) is 11.6. The van der Waals surface area contributed by atoms with Gasteiger partial charge >= 0.3 is 0 Å². The Morgan fingerprint density at radius 2 is 2.25 bits per heavy atom. The molecule has 0 aliphatic carbocycles. The molecule has 0 aliphatic rings. The zero-order valence-corrected chi connectivity index (χ0v) is 11.6. The molecule has 0 fully saturated rings. The average molecular weight is 274 g/mol. The van der Waals surface area contributed by atoms with Crippen molar-refractivity contribution in [3.8, 4) is 11.9 Å². The summed E-state index contributed by atoms with van der Waals surface area (Å²) in [5, 5.41) is 16.4. The van der Waals surface area contributed by atoms with E-state index in [1.807, 2.05) is 13.0 Å². The first-order valence-corrected chi connectivity index (χ1v) is 6.06. The Balaban J connectivity index is 2.24. The van der Waals surface area contributed by atoms with E-state index in [1.165, 1.54) is 12.1 Å². The van der Waals surface area contributed by atoms with Crippen molar-refractivity contribution < 1.29 is 9.13 Å². The van der Waals surface area contributed by atoms with Gasteiger partial charge in [-0.1, -0.05) is 0 Å². The van der Waals surface area contributed by atoms with Crippen LogP contribution in [0.2, 0.25) is 0 Å². The van der Waals surface area contributed by atoms with Crippen LogP contribution in [0.5, 0.6) is 5.88 Å². The van der Waals surface area contributed by atoms with Crippen LogP contribution in [0.1, 0.15) is 16.8 Å². The average Bonchev–Trinajstić information content (AvgIpc) is 2.70. The molecule has 0 amide bonds. The van der Waals surface area contributed by atoms with E-state index in [9.17, 15) is 4.39 Å². The van der Waals surface area contributed by atoms with Crippen LogP contribution < -0.4 is 10.1 Å². The van der Waals surface area contributed by atoms with E-state index in [2.05, 4.69) is 10.4 Å². The molecular formula is C14H15FN4O. The highest BCUT2D eigenvalue weighted by atomic mass is 19.1. The lowest BCUT2D eigenvalue weighted by molar-refractivity contribution is 0.370. The third kappa shape index (κ3) is 2.57. The van der Waals surface area contributed by atoms with Crippen LogP contribution in [0.3, 0.4) is 0 Å². The van der Waals surface area contributed by atoms with Gasteiger partial charge in [-0.05, 0) is 25.1 Å². The van der Waals surface area contributed by atoms with Crippen LogP contribution >= 0.6 is 0 Å². The predicted octanol–water partition coefficient (Wildman–Crippen LogP) is 2.36. The van der Waals surface area contributed by atoms with Gasteiger partial charge in [-0.2, -0.15) is 10.4 Å². The van der Waals surface area contributed by atoms with Crippen molar-refractivity contribution >= 4 is 5.69 Å². The number of rotatable bonds is 4. The van der Waals surface area contributed by atoms with Gasteiger partial charge in [0.1, 0.15) is 11.9 Å². The predicted molar refractivity (Wildman–Crippen MR) is 72.9 cm³/mol. The van der Waals surface area contributed by atoms with Crippen molar-refractivity contribution in [2.45, 2.75) is 13.5 Å². The Hall–Kier alpha value is -2.55. The third-order valence-corrected chi connectivity index (χ3v) is 3.04. The fourth-order valence-corrected chi connectivity index (χ4v) is 2.09. The van der Waals surface area contributed by atoms with Gasteiger partial charge in [0.2, 0.25) is 5.88 Å². The van der Waals surface area contributed by atoms with Gasteiger partial charge in [-0.15, -0.1) is 0 Å². The van der Waals surface area contributed by atoms with Crippen molar-refractivity contribution in [2.24, 2.45) is 7.05 Å². The Morgan fingerprint density at radius 3 is 2.90 bits per heavy atom. The summed E-state index contributed by atoms with van der Waals surface area (Å²) in [5.74, 6) is 0.234. The number of halogens is 1. The Kier molecular flexibility index (Phi) is 3.89. The maximum absolute atomic E-state index is 13.1. The summed E-state index contributed by atoms with van der Waals surface area (Å²) in [7, 11) is 3.38. The maximum atomic E-state index is 13.1. The van der Waals surface area contributed by atoms with Crippen LogP contribution in [0.25, 0.3) is 0 Å². The van der Waals surface area contributed by atoms with E-state index in [4.69, 9.17) is 10.00 Å². The quantitative estimate of drug-likeness (QED) is 0.929. The second-order valence-corrected chi connectivity index (χ2v) is 4.35. The molecule has 0 spiro atoms. The number of nitriles is 1. The van der Waals surface area contributed by atoms with Crippen LogP contribution in [-0.4, -0.2) is 16.9 Å². The van der Waals surface area contributed by atoms with Crippen molar-refractivity contribution in [1.29, 1.82) is 5.26 Å². The lowest BCUT2D eigenvalue weighted by Crippen LogP contribution is -2.04. The van der Waals surface area contributed by atoms with Gasteiger partial charge in [-0.25, -0.2) is 9.07 Å². The number of ether oxygens (including phenoxy) is 1. The molecule has 104 valence electrons. The molecule has 2 aromatic rings. The number of hydrogen-bond donors (Lipinski definition) is 1. The summed E-state index contributed by atoms with van der Waals surface area (Å²) in [6.45, 7) is 2.33. The molecule has 1 aromatic carbocycles.